The van der Waals surface area contributed by atoms with Gasteiger partial charge in [-0.1, -0.05) is 0 Å². The molecule has 2 aliphatic rings. The van der Waals surface area contributed by atoms with Crippen molar-refractivity contribution in [2.75, 3.05) is 19.8 Å². The molecular formula is C15H21N3O3. The zero-order valence-corrected chi connectivity index (χ0v) is 12.1. The molecule has 3 rings (SSSR count). The van der Waals surface area contributed by atoms with Gasteiger partial charge in [0.05, 0.1) is 19.3 Å². The van der Waals surface area contributed by atoms with Crippen LogP contribution in [0.25, 0.3) is 0 Å². The monoisotopic (exact) mass is 291 g/mol. The van der Waals surface area contributed by atoms with Crippen LogP contribution >= 0.6 is 0 Å². The van der Waals surface area contributed by atoms with Gasteiger partial charge in [-0.15, -0.1) is 0 Å². The summed E-state index contributed by atoms with van der Waals surface area (Å²) in [7, 11) is 0. The molecular weight excluding hydrogens is 270 g/mol. The number of nitrogens with two attached hydrogens (primary N) is 1. The van der Waals surface area contributed by atoms with Crippen LogP contribution in [0.4, 0.5) is 0 Å². The van der Waals surface area contributed by atoms with E-state index in [1.807, 2.05) is 6.07 Å². The van der Waals surface area contributed by atoms with Gasteiger partial charge in [0.2, 0.25) is 5.91 Å². The van der Waals surface area contributed by atoms with E-state index in [-0.39, 0.29) is 18.4 Å². The lowest BCUT2D eigenvalue weighted by Crippen LogP contribution is -2.50. The summed E-state index contributed by atoms with van der Waals surface area (Å²) < 4.78 is 5.37. The highest BCUT2D eigenvalue weighted by molar-refractivity contribution is 5.93. The molecule has 6 nitrogen and oxygen atoms in total. The fourth-order valence-corrected chi connectivity index (χ4v) is 3.20. The zero-order valence-electron chi connectivity index (χ0n) is 12.1. The molecule has 114 valence electrons. The Morgan fingerprint density at radius 2 is 2.19 bits per heavy atom. The van der Waals surface area contributed by atoms with Crippen molar-refractivity contribution >= 4 is 11.8 Å². The van der Waals surface area contributed by atoms with E-state index in [1.165, 1.54) is 24.1 Å². The number of primary amides is 1. The van der Waals surface area contributed by atoms with Crippen LogP contribution in [0, 0.1) is 0 Å². The predicted molar refractivity (Wildman–Crippen MR) is 76.9 cm³/mol. The molecule has 3 N–H and O–H groups in total. The Morgan fingerprint density at radius 1 is 1.38 bits per heavy atom. The van der Waals surface area contributed by atoms with Crippen LogP contribution < -0.4 is 5.73 Å². The van der Waals surface area contributed by atoms with Crippen molar-refractivity contribution in [3.05, 3.63) is 23.0 Å². The molecule has 1 aliphatic carbocycles. The van der Waals surface area contributed by atoms with Crippen LogP contribution in [0.2, 0.25) is 0 Å². The smallest absolute Gasteiger partial charge is 0.270 e. The van der Waals surface area contributed by atoms with Gasteiger partial charge in [0.25, 0.3) is 5.91 Å². The minimum Gasteiger partial charge on any atom is -0.377 e. The first-order valence-corrected chi connectivity index (χ1v) is 7.53. The maximum Gasteiger partial charge on any atom is 0.270 e. The van der Waals surface area contributed by atoms with E-state index in [0.29, 0.717) is 25.5 Å². The number of hydrogen-bond acceptors (Lipinski definition) is 3. The van der Waals surface area contributed by atoms with Gasteiger partial charge in [0.1, 0.15) is 5.69 Å². The van der Waals surface area contributed by atoms with Crippen molar-refractivity contribution in [3.8, 4) is 0 Å². The van der Waals surface area contributed by atoms with Gasteiger partial charge >= 0.3 is 0 Å². The van der Waals surface area contributed by atoms with Gasteiger partial charge in [-0.3, -0.25) is 9.59 Å². The number of aromatic amines is 1. The molecule has 1 atom stereocenters. The quantitative estimate of drug-likeness (QED) is 0.855. The molecule has 6 heteroatoms. The number of nitrogens with one attached hydrogen (secondary N) is 1. The molecule has 1 aromatic heterocycles. The molecule has 2 heterocycles. The van der Waals surface area contributed by atoms with Crippen molar-refractivity contribution in [1.82, 2.24) is 9.88 Å². The highest BCUT2D eigenvalue weighted by Crippen LogP contribution is 2.23. The van der Waals surface area contributed by atoms with E-state index in [2.05, 4.69) is 4.98 Å². The minimum atomic E-state index is -0.408. The number of morpholine rings is 1. The number of rotatable bonds is 3. The molecule has 1 aliphatic heterocycles. The molecule has 0 bridgehead atoms. The number of aryl methyl sites for hydroxylation is 2. The average molecular weight is 291 g/mol. The van der Waals surface area contributed by atoms with Crippen molar-refractivity contribution in [2.24, 2.45) is 5.73 Å². The van der Waals surface area contributed by atoms with Crippen molar-refractivity contribution < 1.29 is 14.3 Å². The SMILES string of the molecule is NC(=O)CC1COCCN1C(=O)c1cc2c([nH]1)CCCC2. The Balaban J connectivity index is 1.78. The van der Waals surface area contributed by atoms with E-state index < -0.39 is 5.91 Å². The van der Waals surface area contributed by atoms with Gasteiger partial charge in [0, 0.05) is 18.7 Å². The Hall–Kier alpha value is -1.82. The standard InChI is InChI=1S/C15H21N3O3/c16-14(19)8-11-9-21-6-5-18(11)15(20)13-7-10-3-1-2-4-12(10)17-13/h7,11,17H,1-6,8-9H2,(H2,16,19). The van der Waals surface area contributed by atoms with Gasteiger partial charge in [-0.25, -0.2) is 0 Å². The Bertz CT molecular complexity index is 529. The lowest BCUT2D eigenvalue weighted by atomic mass is 9.98. The lowest BCUT2D eigenvalue weighted by molar-refractivity contribution is -0.120. The van der Waals surface area contributed by atoms with Crippen LogP contribution in [-0.2, 0) is 22.4 Å². The average Bonchev–Trinajstić information content (AvgIpc) is 2.90. The number of fused-ring (bicyclic) bond motifs is 1. The number of amides is 2. The maximum atomic E-state index is 12.7. The molecule has 1 saturated heterocycles. The van der Waals surface area contributed by atoms with E-state index in [0.717, 1.165) is 12.8 Å². The second-order valence-electron chi connectivity index (χ2n) is 5.79. The van der Waals surface area contributed by atoms with E-state index in [4.69, 9.17) is 10.5 Å². The van der Waals surface area contributed by atoms with Crippen molar-refractivity contribution in [2.45, 2.75) is 38.1 Å². The summed E-state index contributed by atoms with van der Waals surface area (Å²) in [5.41, 5.74) is 8.33. The second kappa shape index (κ2) is 5.89. The topological polar surface area (TPSA) is 88.4 Å². The van der Waals surface area contributed by atoms with E-state index in [9.17, 15) is 9.59 Å². The maximum absolute atomic E-state index is 12.7. The molecule has 0 radical (unpaired) electrons. The number of aromatic nitrogens is 1. The molecule has 1 aromatic rings. The van der Waals surface area contributed by atoms with Crippen molar-refractivity contribution in [3.63, 3.8) is 0 Å². The van der Waals surface area contributed by atoms with Gasteiger partial charge in [-0.2, -0.15) is 0 Å². The molecule has 1 fully saturated rings. The molecule has 21 heavy (non-hydrogen) atoms. The predicted octanol–water partition coefficient (Wildman–Crippen LogP) is 0.610. The normalized spacial score (nSPS) is 21.9. The van der Waals surface area contributed by atoms with Crippen LogP contribution in [0.3, 0.4) is 0 Å². The first-order valence-electron chi connectivity index (χ1n) is 7.53. The Kier molecular flexibility index (Phi) is 3.96. The third-order valence-corrected chi connectivity index (χ3v) is 4.27. The Labute approximate surface area is 123 Å². The number of hydrogen-bond donors (Lipinski definition) is 2. The molecule has 1 unspecified atom stereocenters. The second-order valence-corrected chi connectivity index (χ2v) is 5.79. The molecule has 0 aromatic carbocycles. The highest BCUT2D eigenvalue weighted by atomic mass is 16.5. The zero-order chi connectivity index (χ0) is 14.8. The summed E-state index contributed by atoms with van der Waals surface area (Å²) in [6.45, 7) is 1.37. The van der Waals surface area contributed by atoms with Gasteiger partial charge in [-0.05, 0) is 37.3 Å². The summed E-state index contributed by atoms with van der Waals surface area (Å²) in [4.78, 5) is 28.8. The number of H-pyrrole nitrogens is 1. The van der Waals surface area contributed by atoms with E-state index in [1.54, 1.807) is 4.90 Å². The molecule has 0 saturated carbocycles. The highest BCUT2D eigenvalue weighted by Gasteiger charge is 2.30. The summed E-state index contributed by atoms with van der Waals surface area (Å²) in [6.07, 6.45) is 4.54. The van der Waals surface area contributed by atoms with Gasteiger partial charge < -0.3 is 20.4 Å². The minimum absolute atomic E-state index is 0.0565. The van der Waals surface area contributed by atoms with Crippen LogP contribution in [0.1, 0.15) is 41.0 Å². The first kappa shape index (κ1) is 14.1. The number of ether oxygens (including phenoxy) is 1. The third kappa shape index (κ3) is 2.95. The number of carbonyl (C=O) groups is 2. The fraction of sp³-hybridized carbons (Fsp3) is 0.600. The van der Waals surface area contributed by atoms with Crippen LogP contribution in [0.15, 0.2) is 6.07 Å². The van der Waals surface area contributed by atoms with Crippen LogP contribution in [-0.4, -0.2) is 47.5 Å². The fourth-order valence-electron chi connectivity index (χ4n) is 3.20. The third-order valence-electron chi connectivity index (χ3n) is 4.27. The summed E-state index contributed by atoms with van der Waals surface area (Å²) in [5, 5.41) is 0. The number of nitrogens with zero attached hydrogens (tertiary/aromatic N) is 1. The lowest BCUT2D eigenvalue weighted by Gasteiger charge is -2.34. The van der Waals surface area contributed by atoms with Crippen molar-refractivity contribution in [1.29, 1.82) is 0 Å². The van der Waals surface area contributed by atoms with Gasteiger partial charge in [0.15, 0.2) is 0 Å². The summed E-state index contributed by atoms with van der Waals surface area (Å²) in [5.74, 6) is -0.465. The van der Waals surface area contributed by atoms with E-state index >= 15 is 0 Å². The summed E-state index contributed by atoms with van der Waals surface area (Å²) in [6, 6.07) is 1.71. The molecule has 2 amide bonds. The summed E-state index contributed by atoms with van der Waals surface area (Å²) >= 11 is 0. The Morgan fingerprint density at radius 3 is 2.95 bits per heavy atom. The molecule has 0 spiro atoms. The van der Waals surface area contributed by atoms with Crippen LogP contribution in [0.5, 0.6) is 0 Å². The largest absolute Gasteiger partial charge is 0.377 e. The number of carbonyl (C=O) groups excluding carboxylic acids is 2. The first-order chi connectivity index (χ1) is 10.1.